The highest BCUT2D eigenvalue weighted by Crippen LogP contribution is 2.15. The number of thiazole rings is 1. The Bertz CT molecular complexity index is 951. The summed E-state index contributed by atoms with van der Waals surface area (Å²) < 4.78 is 0. The average molecular weight is 442 g/mol. The SMILES string of the molecule is Cc1csc(CCCCNC(=O)c2cccc(NC(=O)CCCc3cccs3)c2)n1. The van der Waals surface area contributed by atoms with E-state index in [1.165, 1.54) is 4.88 Å². The van der Waals surface area contributed by atoms with Gasteiger partial charge in [-0.3, -0.25) is 9.59 Å². The van der Waals surface area contributed by atoms with Crippen LogP contribution in [0.3, 0.4) is 0 Å². The number of rotatable bonds is 11. The van der Waals surface area contributed by atoms with Gasteiger partial charge in [0.1, 0.15) is 0 Å². The minimum absolute atomic E-state index is 0.0264. The fraction of sp³-hybridized carbons (Fsp3) is 0.348. The Morgan fingerprint density at radius 2 is 1.93 bits per heavy atom. The quantitative estimate of drug-likeness (QED) is 0.400. The zero-order valence-electron chi connectivity index (χ0n) is 17.1. The highest BCUT2D eigenvalue weighted by molar-refractivity contribution is 7.10. The number of carbonyl (C=O) groups is 2. The van der Waals surface area contributed by atoms with Crippen LogP contribution < -0.4 is 10.6 Å². The first-order chi connectivity index (χ1) is 14.6. The zero-order chi connectivity index (χ0) is 21.2. The summed E-state index contributed by atoms with van der Waals surface area (Å²) in [6.07, 6.45) is 5.04. The van der Waals surface area contributed by atoms with Gasteiger partial charge in [-0.2, -0.15) is 0 Å². The van der Waals surface area contributed by atoms with Crippen LogP contribution in [-0.4, -0.2) is 23.3 Å². The van der Waals surface area contributed by atoms with E-state index in [0.29, 0.717) is 24.2 Å². The molecule has 0 aliphatic heterocycles. The molecule has 2 amide bonds. The third kappa shape index (κ3) is 7.39. The van der Waals surface area contributed by atoms with E-state index in [1.807, 2.05) is 24.4 Å². The van der Waals surface area contributed by atoms with Gasteiger partial charge >= 0.3 is 0 Å². The molecule has 2 heterocycles. The van der Waals surface area contributed by atoms with Crippen LogP contribution in [0.25, 0.3) is 0 Å². The van der Waals surface area contributed by atoms with Crippen molar-refractivity contribution in [1.82, 2.24) is 10.3 Å². The summed E-state index contributed by atoms with van der Waals surface area (Å²) in [7, 11) is 0. The molecule has 0 bridgehead atoms. The lowest BCUT2D eigenvalue weighted by atomic mass is 10.1. The number of nitrogens with one attached hydrogen (secondary N) is 2. The second-order valence-electron chi connectivity index (χ2n) is 7.16. The summed E-state index contributed by atoms with van der Waals surface area (Å²) in [5.41, 5.74) is 2.28. The van der Waals surface area contributed by atoms with E-state index in [2.05, 4.69) is 27.1 Å². The third-order valence-electron chi connectivity index (χ3n) is 4.59. The Morgan fingerprint density at radius 3 is 2.70 bits per heavy atom. The lowest BCUT2D eigenvalue weighted by Gasteiger charge is -2.08. The Hall–Kier alpha value is -2.51. The highest BCUT2D eigenvalue weighted by Gasteiger charge is 2.08. The molecule has 30 heavy (non-hydrogen) atoms. The van der Waals surface area contributed by atoms with E-state index in [0.717, 1.165) is 42.8 Å². The van der Waals surface area contributed by atoms with Crippen molar-refractivity contribution < 1.29 is 9.59 Å². The molecule has 0 spiro atoms. The molecule has 0 radical (unpaired) electrons. The van der Waals surface area contributed by atoms with Crippen LogP contribution in [0.1, 0.15) is 51.6 Å². The number of unbranched alkanes of at least 4 members (excludes halogenated alkanes) is 1. The van der Waals surface area contributed by atoms with Gasteiger partial charge in [0.2, 0.25) is 5.91 Å². The molecule has 5 nitrogen and oxygen atoms in total. The second-order valence-corrected chi connectivity index (χ2v) is 9.13. The van der Waals surface area contributed by atoms with Crippen LogP contribution in [0, 0.1) is 6.92 Å². The highest BCUT2D eigenvalue weighted by atomic mass is 32.1. The molecular formula is C23H27N3O2S2. The Labute approximate surface area is 185 Å². The van der Waals surface area contributed by atoms with Crippen LogP contribution in [-0.2, 0) is 17.6 Å². The van der Waals surface area contributed by atoms with Crippen molar-refractivity contribution in [2.24, 2.45) is 0 Å². The topological polar surface area (TPSA) is 71.1 Å². The number of hydrogen-bond donors (Lipinski definition) is 2. The van der Waals surface area contributed by atoms with Crippen molar-refractivity contribution in [3.05, 3.63) is 68.3 Å². The number of nitrogens with zero attached hydrogens (tertiary/aromatic N) is 1. The second kappa shape index (κ2) is 11.6. The molecule has 0 unspecified atom stereocenters. The van der Waals surface area contributed by atoms with Crippen molar-refractivity contribution in [2.75, 3.05) is 11.9 Å². The predicted molar refractivity (Wildman–Crippen MR) is 124 cm³/mol. The number of benzene rings is 1. The number of thiophene rings is 1. The van der Waals surface area contributed by atoms with E-state index >= 15 is 0 Å². The van der Waals surface area contributed by atoms with Crippen molar-refractivity contribution in [1.29, 1.82) is 0 Å². The molecule has 3 rings (SSSR count). The van der Waals surface area contributed by atoms with Gasteiger partial charge in [-0.15, -0.1) is 22.7 Å². The number of aromatic nitrogens is 1. The number of amides is 2. The standard InChI is InChI=1S/C23H27N3O2S2/c1-17-16-30-22(25-17)12-2-3-13-24-23(28)18-7-4-8-19(15-18)26-21(27)11-5-9-20-10-6-14-29-20/h4,6-8,10,14-16H,2-3,5,9,11-13H2,1H3,(H,24,28)(H,26,27). The van der Waals surface area contributed by atoms with Crippen molar-refractivity contribution in [3.63, 3.8) is 0 Å². The molecule has 0 aliphatic carbocycles. The molecule has 0 aliphatic rings. The minimum atomic E-state index is -0.117. The van der Waals surface area contributed by atoms with E-state index in [4.69, 9.17) is 0 Å². The van der Waals surface area contributed by atoms with Crippen molar-refractivity contribution in [2.45, 2.75) is 45.4 Å². The van der Waals surface area contributed by atoms with Crippen LogP contribution in [0.2, 0.25) is 0 Å². The van der Waals surface area contributed by atoms with Gasteiger partial charge in [-0.25, -0.2) is 4.98 Å². The van der Waals surface area contributed by atoms with Crippen LogP contribution in [0.15, 0.2) is 47.2 Å². The molecule has 3 aromatic rings. The number of carbonyl (C=O) groups excluding carboxylic acids is 2. The van der Waals surface area contributed by atoms with E-state index < -0.39 is 0 Å². The Morgan fingerprint density at radius 1 is 1.03 bits per heavy atom. The van der Waals surface area contributed by atoms with Gasteiger partial charge in [0.15, 0.2) is 0 Å². The van der Waals surface area contributed by atoms with Crippen LogP contribution in [0.4, 0.5) is 5.69 Å². The normalized spacial score (nSPS) is 10.7. The maximum atomic E-state index is 12.4. The molecule has 0 fully saturated rings. The van der Waals surface area contributed by atoms with Gasteiger partial charge in [0, 0.05) is 40.2 Å². The Balaban J connectivity index is 1.36. The van der Waals surface area contributed by atoms with Crippen LogP contribution >= 0.6 is 22.7 Å². The van der Waals surface area contributed by atoms with Gasteiger partial charge in [-0.1, -0.05) is 12.1 Å². The lowest BCUT2D eigenvalue weighted by Crippen LogP contribution is -2.24. The molecule has 1 aromatic carbocycles. The molecule has 7 heteroatoms. The van der Waals surface area contributed by atoms with Gasteiger partial charge in [0.25, 0.3) is 5.91 Å². The number of hydrogen-bond acceptors (Lipinski definition) is 5. The molecule has 158 valence electrons. The fourth-order valence-electron chi connectivity index (χ4n) is 3.06. The molecular weight excluding hydrogens is 414 g/mol. The van der Waals surface area contributed by atoms with Crippen LogP contribution in [0.5, 0.6) is 0 Å². The average Bonchev–Trinajstić information content (AvgIpc) is 3.39. The fourth-order valence-corrected chi connectivity index (χ4v) is 4.63. The predicted octanol–water partition coefficient (Wildman–Crippen LogP) is 5.23. The maximum Gasteiger partial charge on any atom is 0.251 e. The van der Waals surface area contributed by atoms with E-state index in [9.17, 15) is 9.59 Å². The van der Waals surface area contributed by atoms with Gasteiger partial charge in [0.05, 0.1) is 5.01 Å². The third-order valence-corrected chi connectivity index (χ3v) is 6.55. The first-order valence-electron chi connectivity index (χ1n) is 10.2. The summed E-state index contributed by atoms with van der Waals surface area (Å²) in [5, 5.41) is 11.1. The Kier molecular flexibility index (Phi) is 8.59. The summed E-state index contributed by atoms with van der Waals surface area (Å²) in [6, 6.07) is 11.2. The molecule has 2 N–H and O–H groups in total. The monoisotopic (exact) mass is 441 g/mol. The molecule has 0 atom stereocenters. The van der Waals surface area contributed by atoms with Gasteiger partial charge < -0.3 is 10.6 Å². The number of aryl methyl sites for hydroxylation is 3. The molecule has 0 saturated heterocycles. The zero-order valence-corrected chi connectivity index (χ0v) is 18.8. The first kappa shape index (κ1) is 22.2. The summed E-state index contributed by atoms with van der Waals surface area (Å²) in [4.78, 5) is 30.3. The number of anilines is 1. The first-order valence-corrected chi connectivity index (χ1v) is 12.0. The molecule has 0 saturated carbocycles. The lowest BCUT2D eigenvalue weighted by molar-refractivity contribution is -0.116. The largest absolute Gasteiger partial charge is 0.352 e. The van der Waals surface area contributed by atoms with E-state index in [1.54, 1.807) is 40.9 Å². The van der Waals surface area contributed by atoms with Gasteiger partial charge in [-0.05, 0) is 68.7 Å². The van der Waals surface area contributed by atoms with E-state index in [-0.39, 0.29) is 11.8 Å². The van der Waals surface area contributed by atoms with Crippen molar-refractivity contribution in [3.8, 4) is 0 Å². The summed E-state index contributed by atoms with van der Waals surface area (Å²) >= 11 is 3.40. The summed E-state index contributed by atoms with van der Waals surface area (Å²) in [6.45, 7) is 2.63. The van der Waals surface area contributed by atoms with Crippen molar-refractivity contribution >= 4 is 40.2 Å². The smallest absolute Gasteiger partial charge is 0.251 e. The minimum Gasteiger partial charge on any atom is -0.352 e. The summed E-state index contributed by atoms with van der Waals surface area (Å²) in [5.74, 6) is -0.143. The molecule has 2 aromatic heterocycles. The maximum absolute atomic E-state index is 12.4.